The number of rotatable bonds is 5. The molecular weight excluding hydrogens is 338 g/mol. The number of amides is 2. The van der Waals surface area contributed by atoms with Crippen molar-refractivity contribution in [2.75, 3.05) is 12.4 Å². The van der Waals surface area contributed by atoms with Gasteiger partial charge in [-0.2, -0.15) is 5.10 Å². The second-order valence-electron chi connectivity index (χ2n) is 5.23. The third-order valence-electron chi connectivity index (χ3n) is 3.43. The molecule has 0 spiro atoms. The molecule has 26 heavy (non-hydrogen) atoms. The number of hydrogen-bond donors (Lipinski definition) is 3. The van der Waals surface area contributed by atoms with E-state index in [4.69, 9.17) is 9.84 Å². The van der Waals surface area contributed by atoms with Crippen LogP contribution in [0.3, 0.4) is 0 Å². The maximum Gasteiger partial charge on any atom is 0.339 e. The second-order valence-corrected chi connectivity index (χ2v) is 5.23. The van der Waals surface area contributed by atoms with E-state index < -0.39 is 17.8 Å². The van der Waals surface area contributed by atoms with E-state index in [9.17, 15) is 14.4 Å². The number of nitrogens with one attached hydrogen (secondary N) is 2. The minimum absolute atomic E-state index is 0.0416. The number of para-hydroxylation sites is 1. The molecule has 0 aliphatic rings. The molecule has 2 aromatic carbocycles. The third kappa shape index (κ3) is 4.67. The summed E-state index contributed by atoms with van der Waals surface area (Å²) in [5.74, 6) is -2.76. The molecule has 0 unspecified atom stereocenters. The van der Waals surface area contributed by atoms with Gasteiger partial charge in [0.05, 0.1) is 13.3 Å². The van der Waals surface area contributed by atoms with Crippen molar-refractivity contribution in [1.82, 2.24) is 5.43 Å². The molecule has 0 atom stereocenters. The van der Waals surface area contributed by atoms with Gasteiger partial charge in [0.1, 0.15) is 11.3 Å². The Labute approximate surface area is 149 Å². The van der Waals surface area contributed by atoms with Gasteiger partial charge < -0.3 is 15.2 Å². The smallest absolute Gasteiger partial charge is 0.339 e. The molecule has 3 N–H and O–H groups in total. The monoisotopic (exact) mass is 355 g/mol. The number of ether oxygens (including phenoxy) is 1. The molecule has 0 heterocycles. The Morgan fingerprint density at radius 1 is 1.12 bits per heavy atom. The lowest BCUT2D eigenvalue weighted by molar-refractivity contribution is -0.136. The Morgan fingerprint density at radius 2 is 1.85 bits per heavy atom. The van der Waals surface area contributed by atoms with Crippen LogP contribution < -0.4 is 15.5 Å². The lowest BCUT2D eigenvalue weighted by Crippen LogP contribution is -2.32. The fraction of sp³-hybridized carbons (Fsp3) is 0.111. The van der Waals surface area contributed by atoms with Gasteiger partial charge in [-0.3, -0.25) is 9.59 Å². The second kappa shape index (κ2) is 8.43. The Hall–Kier alpha value is -3.68. The van der Waals surface area contributed by atoms with Crippen molar-refractivity contribution in [2.24, 2.45) is 5.10 Å². The highest BCUT2D eigenvalue weighted by Gasteiger charge is 2.14. The summed E-state index contributed by atoms with van der Waals surface area (Å²) < 4.78 is 4.95. The standard InChI is InChI=1S/C18H17N3O5/c1-11-5-3-4-6-14(11)20-16(22)17(23)21-19-10-12-7-8-15(26-2)13(9-12)18(24)25/h3-10H,1-2H3,(H,20,22)(H,21,23)(H,24,25)/b19-10-. The van der Waals surface area contributed by atoms with Crippen molar-refractivity contribution in [3.05, 3.63) is 59.2 Å². The van der Waals surface area contributed by atoms with Crippen molar-refractivity contribution >= 4 is 29.7 Å². The Morgan fingerprint density at radius 3 is 2.50 bits per heavy atom. The summed E-state index contributed by atoms with van der Waals surface area (Å²) in [5.41, 5.74) is 3.81. The zero-order valence-corrected chi connectivity index (χ0v) is 14.1. The third-order valence-corrected chi connectivity index (χ3v) is 3.43. The van der Waals surface area contributed by atoms with Crippen molar-refractivity contribution in [2.45, 2.75) is 6.92 Å². The first-order chi connectivity index (χ1) is 12.4. The van der Waals surface area contributed by atoms with Crippen molar-refractivity contribution in [3.63, 3.8) is 0 Å². The van der Waals surface area contributed by atoms with Gasteiger partial charge in [0.25, 0.3) is 0 Å². The molecule has 0 aromatic heterocycles. The summed E-state index contributed by atoms with van der Waals surface area (Å²) in [6, 6.07) is 11.4. The Bertz CT molecular complexity index is 877. The lowest BCUT2D eigenvalue weighted by Gasteiger charge is -2.07. The number of benzene rings is 2. The number of carbonyl (C=O) groups excluding carboxylic acids is 2. The molecule has 134 valence electrons. The van der Waals surface area contributed by atoms with Crippen LogP contribution in [-0.4, -0.2) is 36.2 Å². The number of carboxylic acid groups (broad SMARTS) is 1. The number of nitrogens with zero attached hydrogens (tertiary/aromatic N) is 1. The van der Waals surface area contributed by atoms with E-state index >= 15 is 0 Å². The van der Waals surface area contributed by atoms with Crippen LogP contribution in [-0.2, 0) is 9.59 Å². The topological polar surface area (TPSA) is 117 Å². The van der Waals surface area contributed by atoms with Gasteiger partial charge in [-0.1, -0.05) is 18.2 Å². The molecular formula is C18H17N3O5. The summed E-state index contributed by atoms with van der Waals surface area (Å²) in [6.07, 6.45) is 1.23. The van der Waals surface area contributed by atoms with Gasteiger partial charge >= 0.3 is 17.8 Å². The predicted molar refractivity (Wildman–Crippen MR) is 95.5 cm³/mol. The molecule has 0 saturated carbocycles. The molecule has 0 bridgehead atoms. The highest BCUT2D eigenvalue weighted by molar-refractivity contribution is 6.39. The van der Waals surface area contributed by atoms with E-state index in [-0.39, 0.29) is 11.3 Å². The van der Waals surface area contributed by atoms with Crippen LogP contribution in [0, 0.1) is 6.92 Å². The Balaban J connectivity index is 2.00. The number of hydrogen-bond acceptors (Lipinski definition) is 5. The number of carbonyl (C=O) groups is 3. The average molecular weight is 355 g/mol. The van der Waals surface area contributed by atoms with Gasteiger partial charge in [-0.05, 0) is 42.3 Å². The quantitative estimate of drug-likeness (QED) is 0.429. The van der Waals surface area contributed by atoms with Crippen LogP contribution in [0.2, 0.25) is 0 Å². The molecule has 8 heteroatoms. The van der Waals surface area contributed by atoms with E-state index in [0.717, 1.165) is 5.56 Å². The van der Waals surface area contributed by atoms with E-state index in [0.29, 0.717) is 11.3 Å². The first-order valence-electron chi connectivity index (χ1n) is 7.53. The van der Waals surface area contributed by atoms with Crippen LogP contribution in [0.1, 0.15) is 21.5 Å². The van der Waals surface area contributed by atoms with E-state index in [1.54, 1.807) is 31.2 Å². The number of aromatic carboxylic acids is 1. The number of aryl methyl sites for hydroxylation is 1. The summed E-state index contributed by atoms with van der Waals surface area (Å²) in [7, 11) is 1.36. The fourth-order valence-electron chi connectivity index (χ4n) is 2.08. The summed E-state index contributed by atoms with van der Waals surface area (Å²) in [6.45, 7) is 1.80. The van der Waals surface area contributed by atoms with Crippen LogP contribution in [0.25, 0.3) is 0 Å². The van der Waals surface area contributed by atoms with Gasteiger partial charge in [-0.25, -0.2) is 10.2 Å². The van der Waals surface area contributed by atoms with E-state index in [1.165, 1.54) is 25.5 Å². The summed E-state index contributed by atoms with van der Waals surface area (Å²) in [5, 5.41) is 15.3. The van der Waals surface area contributed by atoms with Gasteiger partial charge in [0.15, 0.2) is 0 Å². The van der Waals surface area contributed by atoms with Crippen LogP contribution >= 0.6 is 0 Å². The zero-order valence-electron chi connectivity index (χ0n) is 14.1. The molecule has 8 nitrogen and oxygen atoms in total. The summed E-state index contributed by atoms with van der Waals surface area (Å²) in [4.78, 5) is 34.8. The predicted octanol–water partition coefficient (Wildman–Crippen LogP) is 1.79. The average Bonchev–Trinajstić information content (AvgIpc) is 2.63. The van der Waals surface area contributed by atoms with Crippen molar-refractivity contribution in [1.29, 1.82) is 0 Å². The number of carboxylic acids is 1. The van der Waals surface area contributed by atoms with Gasteiger partial charge in [0.2, 0.25) is 0 Å². The number of hydrazone groups is 1. The van der Waals surface area contributed by atoms with Crippen LogP contribution in [0.4, 0.5) is 5.69 Å². The maximum atomic E-state index is 11.8. The largest absolute Gasteiger partial charge is 0.496 e. The van der Waals surface area contributed by atoms with Crippen LogP contribution in [0.5, 0.6) is 5.75 Å². The maximum absolute atomic E-state index is 11.8. The first-order valence-corrected chi connectivity index (χ1v) is 7.53. The molecule has 0 aliphatic heterocycles. The first kappa shape index (κ1) is 18.7. The minimum atomic E-state index is -1.15. The van der Waals surface area contributed by atoms with Crippen LogP contribution in [0.15, 0.2) is 47.6 Å². The molecule has 0 radical (unpaired) electrons. The molecule has 0 aliphatic carbocycles. The van der Waals surface area contributed by atoms with E-state index in [1.807, 2.05) is 6.07 Å². The minimum Gasteiger partial charge on any atom is -0.496 e. The normalized spacial score (nSPS) is 10.4. The molecule has 2 rings (SSSR count). The van der Waals surface area contributed by atoms with E-state index in [2.05, 4.69) is 15.8 Å². The van der Waals surface area contributed by atoms with Crippen molar-refractivity contribution in [3.8, 4) is 5.75 Å². The number of anilines is 1. The summed E-state index contributed by atoms with van der Waals surface area (Å²) >= 11 is 0. The molecule has 0 saturated heterocycles. The molecule has 0 fully saturated rings. The lowest BCUT2D eigenvalue weighted by atomic mass is 10.1. The fourth-order valence-corrected chi connectivity index (χ4v) is 2.08. The highest BCUT2D eigenvalue weighted by atomic mass is 16.5. The molecule has 2 aromatic rings. The molecule has 2 amide bonds. The SMILES string of the molecule is COc1ccc(/C=N\NC(=O)C(=O)Nc2ccccc2C)cc1C(=O)O. The van der Waals surface area contributed by atoms with Crippen molar-refractivity contribution < 1.29 is 24.2 Å². The Kier molecular flexibility index (Phi) is 6.05. The van der Waals surface area contributed by atoms with Gasteiger partial charge in [-0.15, -0.1) is 0 Å². The zero-order chi connectivity index (χ0) is 19.1. The van der Waals surface area contributed by atoms with Gasteiger partial charge in [0, 0.05) is 5.69 Å². The highest BCUT2D eigenvalue weighted by Crippen LogP contribution is 2.19. The number of methoxy groups -OCH3 is 1.